The van der Waals surface area contributed by atoms with E-state index >= 15 is 0 Å². The van der Waals surface area contributed by atoms with Gasteiger partial charge in [0.25, 0.3) is 0 Å². The second-order valence-corrected chi connectivity index (χ2v) is 8.38. The third kappa shape index (κ3) is 3.80. The molecule has 2 heterocycles. The summed E-state index contributed by atoms with van der Waals surface area (Å²) in [5.74, 6) is 1.56. The number of fused-ring (bicyclic) bond motifs is 1. The summed E-state index contributed by atoms with van der Waals surface area (Å²) in [7, 11) is 0. The van der Waals surface area contributed by atoms with E-state index in [9.17, 15) is 0 Å². The Labute approximate surface area is 173 Å². The van der Waals surface area contributed by atoms with Crippen LogP contribution in [0.1, 0.15) is 29.4 Å². The Morgan fingerprint density at radius 2 is 1.89 bits per heavy atom. The summed E-state index contributed by atoms with van der Waals surface area (Å²) in [6.07, 6.45) is 1.04. The number of hydrogen-bond acceptors (Lipinski definition) is 5. The second kappa shape index (κ2) is 8.14. The van der Waals surface area contributed by atoms with Gasteiger partial charge in [-0.1, -0.05) is 43.3 Å². The average molecular weight is 402 g/mol. The van der Waals surface area contributed by atoms with E-state index in [4.69, 9.17) is 10.2 Å². The number of nitriles is 1. The number of aryl methyl sites for hydroxylation is 2. The van der Waals surface area contributed by atoms with Crippen LogP contribution in [-0.2, 0) is 12.2 Å². The van der Waals surface area contributed by atoms with Crippen LogP contribution in [0.3, 0.4) is 0 Å². The van der Waals surface area contributed by atoms with Gasteiger partial charge < -0.3 is 0 Å². The second-order valence-electron chi connectivity index (χ2n) is 6.56. The lowest BCUT2D eigenvalue weighted by atomic mass is 10.0. The third-order valence-electron chi connectivity index (χ3n) is 4.62. The number of hydrogen-bond donors (Lipinski definition) is 0. The van der Waals surface area contributed by atoms with Gasteiger partial charge in [-0.15, -0.1) is 23.1 Å². The Kier molecular flexibility index (Phi) is 5.43. The predicted molar refractivity (Wildman–Crippen MR) is 118 cm³/mol. The largest absolute Gasteiger partial charge is 0.226 e. The predicted octanol–water partition coefficient (Wildman–Crippen LogP) is 6.39. The summed E-state index contributed by atoms with van der Waals surface area (Å²) < 4.78 is 0. The quantitative estimate of drug-likeness (QED) is 0.287. The normalized spacial score (nSPS) is 10.9. The molecule has 0 bridgehead atoms. The van der Waals surface area contributed by atoms with E-state index in [1.165, 1.54) is 16.7 Å². The lowest BCUT2D eigenvalue weighted by Crippen LogP contribution is -1.92. The summed E-state index contributed by atoms with van der Waals surface area (Å²) in [5.41, 5.74) is 5.54. The SMILES string of the molecule is CCc1ccc(-c2csc3nc(C)nc(SCc4cccc(C#N)c4)c23)cc1. The fourth-order valence-corrected chi connectivity index (χ4v) is 5.22. The van der Waals surface area contributed by atoms with Gasteiger partial charge in [0.15, 0.2) is 0 Å². The Balaban J connectivity index is 1.72. The number of thiophene rings is 1. The third-order valence-corrected chi connectivity index (χ3v) is 6.54. The number of thioether (sulfide) groups is 1. The highest BCUT2D eigenvalue weighted by Crippen LogP contribution is 2.39. The number of nitrogens with zero attached hydrogens (tertiary/aromatic N) is 3. The van der Waals surface area contributed by atoms with E-state index in [2.05, 4.69) is 53.7 Å². The van der Waals surface area contributed by atoms with Crippen LogP contribution in [0.15, 0.2) is 58.9 Å². The standard InChI is InChI=1S/C23H19N3S2/c1-3-16-7-9-19(10-8-16)20-14-28-23-21(20)22(25-15(2)26-23)27-13-18-6-4-5-17(11-18)12-24/h4-11,14H,3,13H2,1-2H3. The summed E-state index contributed by atoms with van der Waals surface area (Å²) >= 11 is 3.37. The van der Waals surface area contributed by atoms with Crippen molar-refractivity contribution in [2.24, 2.45) is 0 Å². The van der Waals surface area contributed by atoms with Crippen LogP contribution in [-0.4, -0.2) is 9.97 Å². The molecule has 0 aliphatic carbocycles. The van der Waals surface area contributed by atoms with Gasteiger partial charge in [0, 0.05) is 16.7 Å². The Morgan fingerprint density at radius 3 is 2.64 bits per heavy atom. The smallest absolute Gasteiger partial charge is 0.128 e. The molecule has 0 atom stereocenters. The lowest BCUT2D eigenvalue weighted by molar-refractivity contribution is 1.02. The molecule has 5 heteroatoms. The first-order valence-electron chi connectivity index (χ1n) is 9.15. The van der Waals surface area contributed by atoms with Crippen molar-refractivity contribution in [1.29, 1.82) is 5.26 Å². The molecule has 28 heavy (non-hydrogen) atoms. The molecular formula is C23H19N3S2. The van der Waals surface area contributed by atoms with Crippen LogP contribution in [0.5, 0.6) is 0 Å². The van der Waals surface area contributed by atoms with Crippen LogP contribution < -0.4 is 0 Å². The van der Waals surface area contributed by atoms with Gasteiger partial charge in [0.1, 0.15) is 15.7 Å². The maximum Gasteiger partial charge on any atom is 0.128 e. The van der Waals surface area contributed by atoms with Crippen molar-refractivity contribution in [3.05, 3.63) is 76.4 Å². The molecule has 138 valence electrons. The highest BCUT2D eigenvalue weighted by atomic mass is 32.2. The molecule has 0 aliphatic rings. The minimum atomic E-state index is 0.689. The van der Waals surface area contributed by atoms with Crippen molar-refractivity contribution in [3.63, 3.8) is 0 Å². The minimum Gasteiger partial charge on any atom is -0.226 e. The summed E-state index contributed by atoms with van der Waals surface area (Å²) in [6, 6.07) is 18.7. The summed E-state index contributed by atoms with van der Waals surface area (Å²) in [4.78, 5) is 10.4. The molecule has 0 saturated heterocycles. The molecule has 0 spiro atoms. The van der Waals surface area contributed by atoms with Crippen molar-refractivity contribution in [3.8, 4) is 17.2 Å². The van der Waals surface area contributed by atoms with E-state index in [1.807, 2.05) is 25.1 Å². The van der Waals surface area contributed by atoms with Gasteiger partial charge in [-0.05, 0) is 42.2 Å². The molecular weight excluding hydrogens is 382 g/mol. The van der Waals surface area contributed by atoms with Gasteiger partial charge >= 0.3 is 0 Å². The monoisotopic (exact) mass is 401 g/mol. The fraction of sp³-hybridized carbons (Fsp3) is 0.174. The molecule has 2 aromatic carbocycles. The van der Waals surface area contributed by atoms with Crippen molar-refractivity contribution >= 4 is 33.3 Å². The van der Waals surface area contributed by atoms with Gasteiger partial charge in [-0.25, -0.2) is 9.97 Å². The van der Waals surface area contributed by atoms with Crippen LogP contribution in [0.25, 0.3) is 21.3 Å². The van der Waals surface area contributed by atoms with Gasteiger partial charge in [-0.3, -0.25) is 0 Å². The maximum atomic E-state index is 9.12. The molecule has 4 rings (SSSR count). The zero-order valence-electron chi connectivity index (χ0n) is 15.8. The summed E-state index contributed by atoms with van der Waals surface area (Å²) in [5, 5.41) is 13.4. The zero-order chi connectivity index (χ0) is 19.5. The molecule has 3 nitrogen and oxygen atoms in total. The van der Waals surface area contributed by atoms with Gasteiger partial charge in [0.05, 0.1) is 17.0 Å². The number of benzene rings is 2. The van der Waals surface area contributed by atoms with Crippen molar-refractivity contribution in [2.75, 3.05) is 0 Å². The van der Waals surface area contributed by atoms with Crippen LogP contribution in [0, 0.1) is 18.3 Å². The van der Waals surface area contributed by atoms with E-state index in [0.29, 0.717) is 5.56 Å². The first kappa shape index (κ1) is 18.7. The molecule has 0 N–H and O–H groups in total. The molecule has 0 amide bonds. The number of rotatable bonds is 5. The average Bonchev–Trinajstić information content (AvgIpc) is 3.16. The first-order chi connectivity index (χ1) is 13.7. The van der Waals surface area contributed by atoms with Gasteiger partial charge in [-0.2, -0.15) is 5.26 Å². The van der Waals surface area contributed by atoms with Crippen LogP contribution in [0.2, 0.25) is 0 Å². The Hall–Kier alpha value is -2.68. The molecule has 0 unspecified atom stereocenters. The van der Waals surface area contributed by atoms with Crippen LogP contribution in [0.4, 0.5) is 0 Å². The molecule has 2 aromatic heterocycles. The van der Waals surface area contributed by atoms with Crippen molar-refractivity contribution in [1.82, 2.24) is 9.97 Å². The van der Waals surface area contributed by atoms with E-state index in [1.54, 1.807) is 23.1 Å². The van der Waals surface area contributed by atoms with Crippen molar-refractivity contribution < 1.29 is 0 Å². The molecule has 0 radical (unpaired) electrons. The maximum absolute atomic E-state index is 9.12. The highest BCUT2D eigenvalue weighted by molar-refractivity contribution is 7.98. The highest BCUT2D eigenvalue weighted by Gasteiger charge is 2.15. The van der Waals surface area contributed by atoms with E-state index < -0.39 is 0 Å². The van der Waals surface area contributed by atoms with Crippen molar-refractivity contribution in [2.45, 2.75) is 31.0 Å². The lowest BCUT2D eigenvalue weighted by Gasteiger charge is -2.08. The Bertz CT molecular complexity index is 1170. The van der Waals surface area contributed by atoms with Crippen LogP contribution >= 0.6 is 23.1 Å². The molecule has 0 aliphatic heterocycles. The number of aromatic nitrogens is 2. The molecule has 4 aromatic rings. The van der Waals surface area contributed by atoms with Gasteiger partial charge in [0.2, 0.25) is 0 Å². The fourth-order valence-electron chi connectivity index (χ4n) is 3.13. The van der Waals surface area contributed by atoms with E-state index in [-0.39, 0.29) is 0 Å². The topological polar surface area (TPSA) is 49.6 Å². The molecule has 0 fully saturated rings. The Morgan fingerprint density at radius 1 is 1.07 bits per heavy atom. The minimum absolute atomic E-state index is 0.689. The molecule has 0 saturated carbocycles. The zero-order valence-corrected chi connectivity index (χ0v) is 17.4. The first-order valence-corrected chi connectivity index (χ1v) is 11.0. The summed E-state index contributed by atoms with van der Waals surface area (Å²) in [6.45, 7) is 4.11. The van der Waals surface area contributed by atoms with E-state index in [0.717, 1.165) is 38.8 Å².